The van der Waals surface area contributed by atoms with Gasteiger partial charge in [0.1, 0.15) is 11.5 Å². The van der Waals surface area contributed by atoms with Gasteiger partial charge < -0.3 is 25.3 Å². The van der Waals surface area contributed by atoms with Crippen molar-refractivity contribution < 1.29 is 19.0 Å². The Balaban J connectivity index is 1.44. The molecule has 1 amide bonds. The van der Waals surface area contributed by atoms with Gasteiger partial charge in [-0.3, -0.25) is 9.69 Å². The second-order valence-electron chi connectivity index (χ2n) is 8.08. The predicted molar refractivity (Wildman–Crippen MR) is 120 cm³/mol. The van der Waals surface area contributed by atoms with Crippen LogP contribution in [0.2, 0.25) is 5.02 Å². The van der Waals surface area contributed by atoms with Crippen molar-refractivity contribution in [1.29, 1.82) is 0 Å². The van der Waals surface area contributed by atoms with E-state index in [1.807, 2.05) is 12.1 Å². The van der Waals surface area contributed by atoms with E-state index < -0.39 is 0 Å². The summed E-state index contributed by atoms with van der Waals surface area (Å²) in [5, 5.41) is 3.51. The summed E-state index contributed by atoms with van der Waals surface area (Å²) in [6, 6.07) is 11.9. The monoisotopic (exact) mass is 445 g/mol. The number of morpholine rings is 1. The van der Waals surface area contributed by atoms with Gasteiger partial charge in [0, 0.05) is 30.7 Å². The third-order valence-corrected chi connectivity index (χ3v) is 6.42. The number of nitrogens with two attached hydrogens (primary N) is 1. The Morgan fingerprint density at radius 1 is 1.16 bits per heavy atom. The Kier molecular flexibility index (Phi) is 6.55. The summed E-state index contributed by atoms with van der Waals surface area (Å²) in [7, 11) is 3.18. The number of benzene rings is 2. The molecule has 2 saturated heterocycles. The lowest BCUT2D eigenvalue weighted by molar-refractivity contribution is -0.0843. The van der Waals surface area contributed by atoms with Gasteiger partial charge in [0.05, 0.1) is 43.7 Å². The Morgan fingerprint density at radius 2 is 1.84 bits per heavy atom. The fourth-order valence-corrected chi connectivity index (χ4v) is 4.65. The number of nitrogens with one attached hydrogen (secondary N) is 1. The second kappa shape index (κ2) is 9.34. The van der Waals surface area contributed by atoms with Crippen LogP contribution in [0.1, 0.15) is 28.8 Å². The summed E-state index contributed by atoms with van der Waals surface area (Å²) in [6.45, 7) is 2.18. The molecule has 166 valence electrons. The Labute approximate surface area is 187 Å². The maximum absolute atomic E-state index is 13.0. The highest BCUT2D eigenvalue weighted by atomic mass is 35.5. The summed E-state index contributed by atoms with van der Waals surface area (Å²) in [5.41, 5.74) is 7.85. The van der Waals surface area contributed by atoms with E-state index in [2.05, 4.69) is 22.3 Å². The Hall–Kier alpha value is -2.48. The molecule has 31 heavy (non-hydrogen) atoms. The van der Waals surface area contributed by atoms with Crippen LogP contribution in [0.3, 0.4) is 0 Å². The molecule has 2 fully saturated rings. The van der Waals surface area contributed by atoms with Crippen LogP contribution in [-0.4, -0.2) is 56.4 Å². The number of piperidine rings is 1. The molecule has 2 bridgehead atoms. The molecule has 3 atom stereocenters. The number of carbonyl (C=O) groups is 1. The molecule has 1 unspecified atom stereocenters. The molecule has 0 radical (unpaired) electrons. The third kappa shape index (κ3) is 4.74. The summed E-state index contributed by atoms with van der Waals surface area (Å²) in [6.07, 6.45) is 1.65. The zero-order valence-corrected chi connectivity index (χ0v) is 18.5. The van der Waals surface area contributed by atoms with Crippen molar-refractivity contribution in [2.45, 2.75) is 37.5 Å². The van der Waals surface area contributed by atoms with Crippen LogP contribution in [0.25, 0.3) is 0 Å². The van der Waals surface area contributed by atoms with Crippen LogP contribution >= 0.6 is 11.6 Å². The molecule has 2 aromatic rings. The van der Waals surface area contributed by atoms with Crippen molar-refractivity contribution >= 4 is 23.2 Å². The van der Waals surface area contributed by atoms with E-state index in [1.54, 1.807) is 19.2 Å². The molecular weight excluding hydrogens is 418 g/mol. The first-order valence-corrected chi connectivity index (χ1v) is 10.8. The van der Waals surface area contributed by atoms with Crippen LogP contribution in [0.15, 0.2) is 36.4 Å². The summed E-state index contributed by atoms with van der Waals surface area (Å²) in [4.78, 5) is 15.5. The molecule has 8 heteroatoms. The maximum Gasteiger partial charge on any atom is 0.255 e. The van der Waals surface area contributed by atoms with E-state index in [4.69, 9.17) is 31.5 Å². The van der Waals surface area contributed by atoms with E-state index in [1.165, 1.54) is 12.7 Å². The highest BCUT2D eigenvalue weighted by molar-refractivity contribution is 6.33. The Morgan fingerprint density at radius 3 is 2.45 bits per heavy atom. The number of anilines is 1. The third-order valence-electron chi connectivity index (χ3n) is 6.09. The molecule has 4 rings (SSSR count). The van der Waals surface area contributed by atoms with Gasteiger partial charge >= 0.3 is 0 Å². The van der Waals surface area contributed by atoms with Gasteiger partial charge in [-0.05, 0) is 36.6 Å². The minimum Gasteiger partial charge on any atom is -0.497 e. The number of methoxy groups -OCH3 is 2. The van der Waals surface area contributed by atoms with Crippen LogP contribution in [0.4, 0.5) is 5.69 Å². The summed E-state index contributed by atoms with van der Waals surface area (Å²) in [5.74, 6) is 1.07. The molecule has 7 nitrogen and oxygen atoms in total. The summed E-state index contributed by atoms with van der Waals surface area (Å²) >= 11 is 6.13. The smallest absolute Gasteiger partial charge is 0.255 e. The lowest BCUT2D eigenvalue weighted by atomic mass is 9.89. The van der Waals surface area contributed by atoms with Crippen LogP contribution < -0.4 is 20.5 Å². The van der Waals surface area contributed by atoms with Crippen molar-refractivity contribution in [3.63, 3.8) is 0 Å². The van der Waals surface area contributed by atoms with E-state index in [-0.39, 0.29) is 24.0 Å². The topological polar surface area (TPSA) is 86.1 Å². The molecule has 0 aromatic heterocycles. The summed E-state index contributed by atoms with van der Waals surface area (Å²) < 4.78 is 16.4. The molecule has 2 aromatic carbocycles. The first-order valence-electron chi connectivity index (χ1n) is 10.4. The first-order chi connectivity index (χ1) is 15.0. The minimum atomic E-state index is -0.202. The molecule has 0 saturated carbocycles. The Bertz CT molecular complexity index is 923. The van der Waals surface area contributed by atoms with Crippen LogP contribution in [0.5, 0.6) is 11.5 Å². The minimum absolute atomic E-state index is 0.0551. The molecule has 0 aliphatic carbocycles. The van der Waals surface area contributed by atoms with Crippen molar-refractivity contribution in [3.05, 3.63) is 52.5 Å². The van der Waals surface area contributed by atoms with E-state index in [0.29, 0.717) is 35.2 Å². The van der Waals surface area contributed by atoms with Gasteiger partial charge in [-0.1, -0.05) is 23.7 Å². The van der Waals surface area contributed by atoms with E-state index in [9.17, 15) is 4.79 Å². The number of carbonyl (C=O) groups excluding carboxylic acids is 1. The molecule has 2 heterocycles. The lowest BCUT2D eigenvalue weighted by Crippen LogP contribution is -2.60. The number of hydrogen-bond donors (Lipinski definition) is 2. The molecule has 2 aliphatic heterocycles. The van der Waals surface area contributed by atoms with Crippen molar-refractivity contribution in [1.82, 2.24) is 10.2 Å². The van der Waals surface area contributed by atoms with Gasteiger partial charge in [-0.15, -0.1) is 0 Å². The number of nitrogen functional groups attached to an aromatic ring is 1. The average Bonchev–Trinajstić information content (AvgIpc) is 2.76. The highest BCUT2D eigenvalue weighted by Crippen LogP contribution is 2.32. The number of nitrogens with zero attached hydrogens (tertiary/aromatic N) is 1. The van der Waals surface area contributed by atoms with E-state index in [0.717, 1.165) is 25.1 Å². The quantitative estimate of drug-likeness (QED) is 0.664. The van der Waals surface area contributed by atoms with Crippen molar-refractivity contribution in [2.75, 3.05) is 33.2 Å². The molecular formula is C23H28ClN3O4. The van der Waals surface area contributed by atoms with Gasteiger partial charge in [0.2, 0.25) is 0 Å². The number of amides is 1. The first kappa shape index (κ1) is 21.7. The number of hydrogen-bond acceptors (Lipinski definition) is 6. The average molecular weight is 446 g/mol. The van der Waals surface area contributed by atoms with Gasteiger partial charge in [0.25, 0.3) is 5.91 Å². The van der Waals surface area contributed by atoms with Gasteiger partial charge in [-0.2, -0.15) is 0 Å². The molecule has 3 N–H and O–H groups in total. The van der Waals surface area contributed by atoms with Gasteiger partial charge in [0.15, 0.2) is 0 Å². The van der Waals surface area contributed by atoms with E-state index >= 15 is 0 Å². The largest absolute Gasteiger partial charge is 0.497 e. The fourth-order valence-electron chi connectivity index (χ4n) is 4.49. The zero-order valence-electron chi connectivity index (χ0n) is 17.8. The van der Waals surface area contributed by atoms with Gasteiger partial charge in [-0.25, -0.2) is 0 Å². The fraction of sp³-hybridized carbons (Fsp3) is 0.435. The SMILES string of the molecule is COc1ccc(CN2[C@@H]3COC[C@H]2CC(NC(=O)c2cc(Cl)c(N)cc2OC)C3)cc1. The number of rotatable bonds is 6. The molecule has 0 spiro atoms. The highest BCUT2D eigenvalue weighted by Gasteiger charge is 2.39. The lowest BCUT2D eigenvalue weighted by Gasteiger charge is -2.48. The standard InChI is InChI=1S/C23H28ClN3O4/c1-29-18-5-3-14(4-6-18)11-27-16-7-15(8-17(27)13-31-12-16)26-23(28)19-9-20(24)21(25)10-22(19)30-2/h3-6,9-10,15-17H,7-8,11-13,25H2,1-2H3,(H,26,28)/t15?,16-,17+. The molecule has 2 aliphatic rings. The number of fused-ring (bicyclic) bond motifs is 2. The maximum atomic E-state index is 13.0. The van der Waals surface area contributed by atoms with Crippen molar-refractivity contribution in [2.24, 2.45) is 0 Å². The predicted octanol–water partition coefficient (Wildman–Crippen LogP) is 3.10. The van der Waals surface area contributed by atoms with Crippen LogP contribution in [-0.2, 0) is 11.3 Å². The van der Waals surface area contributed by atoms with Crippen LogP contribution in [0, 0.1) is 0 Å². The number of ether oxygens (including phenoxy) is 3. The van der Waals surface area contributed by atoms with Crippen molar-refractivity contribution in [3.8, 4) is 11.5 Å². The normalized spacial score (nSPS) is 23.3. The zero-order chi connectivity index (χ0) is 22.0. The second-order valence-corrected chi connectivity index (χ2v) is 8.49. The number of halogens is 1.